The van der Waals surface area contributed by atoms with E-state index < -0.39 is 6.10 Å². The summed E-state index contributed by atoms with van der Waals surface area (Å²) >= 11 is 0. The van der Waals surface area contributed by atoms with Gasteiger partial charge in [0.05, 0.1) is 20.3 Å². The molecule has 0 amide bonds. The molecule has 0 spiro atoms. The van der Waals surface area contributed by atoms with Gasteiger partial charge in [-0.25, -0.2) is 0 Å². The topological polar surface area (TPSA) is 68.0 Å². The van der Waals surface area contributed by atoms with Crippen LogP contribution in [0.1, 0.15) is 5.56 Å². The van der Waals surface area contributed by atoms with Crippen LogP contribution in [0.2, 0.25) is 0 Å². The van der Waals surface area contributed by atoms with Gasteiger partial charge in [-0.2, -0.15) is 0 Å². The van der Waals surface area contributed by atoms with Gasteiger partial charge in [-0.05, 0) is 18.6 Å². The Morgan fingerprint density at radius 1 is 1.28 bits per heavy atom. The van der Waals surface area contributed by atoms with Gasteiger partial charge in [-0.15, -0.1) is 0 Å². The first-order valence-electron chi connectivity index (χ1n) is 5.85. The quantitative estimate of drug-likeness (QED) is 0.785. The van der Waals surface area contributed by atoms with Gasteiger partial charge in [0.2, 0.25) is 0 Å². The average Bonchev–Trinajstić information content (AvgIpc) is 2.37. The molecule has 0 aliphatic heterocycles. The first kappa shape index (κ1) is 14.6. The molecule has 3 N–H and O–H groups in total. The van der Waals surface area contributed by atoms with Crippen LogP contribution >= 0.6 is 0 Å². The molecule has 18 heavy (non-hydrogen) atoms. The van der Waals surface area contributed by atoms with E-state index in [0.29, 0.717) is 18.0 Å². The van der Waals surface area contributed by atoms with Gasteiger partial charge in [0.25, 0.3) is 0 Å². The fourth-order valence-electron chi connectivity index (χ4n) is 1.87. The summed E-state index contributed by atoms with van der Waals surface area (Å²) in [5.74, 6) is 1.37. The van der Waals surface area contributed by atoms with Crippen LogP contribution in [-0.2, 0) is 0 Å². The predicted octanol–water partition coefficient (Wildman–Crippen LogP) is 0.768. The summed E-state index contributed by atoms with van der Waals surface area (Å²) in [7, 11) is 5.12. The Labute approximate surface area is 108 Å². The van der Waals surface area contributed by atoms with Gasteiger partial charge in [-0.3, -0.25) is 0 Å². The fraction of sp³-hybridized carbons (Fsp3) is 0.538. The van der Waals surface area contributed by atoms with E-state index in [9.17, 15) is 5.11 Å². The molecular weight excluding hydrogens is 232 g/mol. The maximum Gasteiger partial charge on any atom is 0.162 e. The average molecular weight is 254 g/mol. The normalized spacial score (nSPS) is 12.1. The molecule has 102 valence electrons. The number of ether oxygens (including phenoxy) is 2. The largest absolute Gasteiger partial charge is 0.493 e. The molecule has 1 rings (SSSR count). The zero-order valence-corrected chi connectivity index (χ0v) is 11.4. The highest BCUT2D eigenvalue weighted by Gasteiger charge is 2.13. The Morgan fingerprint density at radius 3 is 2.33 bits per heavy atom. The molecule has 0 saturated carbocycles. The molecule has 0 aliphatic carbocycles. The van der Waals surface area contributed by atoms with Crippen molar-refractivity contribution in [2.45, 2.75) is 13.0 Å². The smallest absolute Gasteiger partial charge is 0.162 e. The van der Waals surface area contributed by atoms with E-state index in [1.807, 2.05) is 31.0 Å². The highest BCUT2D eigenvalue weighted by Crippen LogP contribution is 2.34. The van der Waals surface area contributed by atoms with Crippen LogP contribution in [0.5, 0.6) is 11.5 Å². The fourth-order valence-corrected chi connectivity index (χ4v) is 1.87. The number of hydrogen-bond donors (Lipinski definition) is 2. The minimum absolute atomic E-state index is 0.247. The third kappa shape index (κ3) is 3.27. The molecule has 1 unspecified atom stereocenters. The van der Waals surface area contributed by atoms with Crippen molar-refractivity contribution in [3.63, 3.8) is 0 Å². The van der Waals surface area contributed by atoms with E-state index in [4.69, 9.17) is 15.2 Å². The van der Waals surface area contributed by atoms with E-state index in [-0.39, 0.29) is 6.54 Å². The standard InChI is InChI=1S/C13H22N2O3/c1-9-5-12(17-3)13(18-4)6-11(9)15(2)8-10(16)7-14/h5-6,10,16H,7-8,14H2,1-4H3. The lowest BCUT2D eigenvalue weighted by molar-refractivity contribution is 0.189. The number of methoxy groups -OCH3 is 2. The van der Waals surface area contributed by atoms with E-state index in [0.717, 1.165) is 11.3 Å². The van der Waals surface area contributed by atoms with Crippen LogP contribution in [0.15, 0.2) is 12.1 Å². The maximum absolute atomic E-state index is 9.59. The summed E-state index contributed by atoms with van der Waals surface area (Å²) in [6, 6.07) is 3.82. The van der Waals surface area contributed by atoms with Crippen molar-refractivity contribution in [3.05, 3.63) is 17.7 Å². The predicted molar refractivity (Wildman–Crippen MR) is 72.6 cm³/mol. The summed E-state index contributed by atoms with van der Waals surface area (Å²) in [4.78, 5) is 1.95. The molecule has 1 atom stereocenters. The SMILES string of the molecule is COc1cc(C)c(N(C)CC(O)CN)cc1OC. The van der Waals surface area contributed by atoms with Crippen molar-refractivity contribution >= 4 is 5.69 Å². The number of aryl methyl sites for hydroxylation is 1. The zero-order chi connectivity index (χ0) is 13.7. The molecule has 5 heteroatoms. The van der Waals surface area contributed by atoms with Crippen LogP contribution in [0.3, 0.4) is 0 Å². The highest BCUT2D eigenvalue weighted by atomic mass is 16.5. The first-order chi connectivity index (χ1) is 8.53. The number of likely N-dealkylation sites (N-methyl/N-ethyl adjacent to an activating group) is 1. The molecular formula is C13H22N2O3. The van der Waals surface area contributed by atoms with Crippen LogP contribution in [0, 0.1) is 6.92 Å². The van der Waals surface area contributed by atoms with Crippen molar-refractivity contribution < 1.29 is 14.6 Å². The second-order valence-corrected chi connectivity index (χ2v) is 4.26. The highest BCUT2D eigenvalue weighted by molar-refractivity contribution is 5.61. The van der Waals surface area contributed by atoms with Crippen LogP contribution in [-0.4, -0.2) is 45.6 Å². The first-order valence-corrected chi connectivity index (χ1v) is 5.85. The second-order valence-electron chi connectivity index (χ2n) is 4.26. The van der Waals surface area contributed by atoms with E-state index in [1.165, 1.54) is 0 Å². The molecule has 0 fully saturated rings. The van der Waals surface area contributed by atoms with Crippen molar-refractivity contribution in [1.29, 1.82) is 0 Å². The Bertz CT molecular complexity index is 396. The van der Waals surface area contributed by atoms with Crippen molar-refractivity contribution in [3.8, 4) is 11.5 Å². The summed E-state index contributed by atoms with van der Waals surface area (Å²) in [5, 5.41) is 9.59. The minimum atomic E-state index is -0.539. The van der Waals surface area contributed by atoms with Gasteiger partial charge < -0.3 is 25.2 Å². The van der Waals surface area contributed by atoms with Gasteiger partial charge in [0.15, 0.2) is 11.5 Å². The van der Waals surface area contributed by atoms with Crippen LogP contribution in [0.25, 0.3) is 0 Å². The molecule has 0 aliphatic rings. The monoisotopic (exact) mass is 254 g/mol. The molecule has 1 aromatic carbocycles. The number of aliphatic hydroxyl groups excluding tert-OH is 1. The van der Waals surface area contributed by atoms with Gasteiger partial charge in [0.1, 0.15) is 0 Å². The molecule has 0 radical (unpaired) electrons. The second kappa shape index (κ2) is 6.47. The van der Waals surface area contributed by atoms with Crippen molar-refractivity contribution in [2.75, 3.05) is 39.3 Å². The van der Waals surface area contributed by atoms with Gasteiger partial charge in [-0.1, -0.05) is 0 Å². The van der Waals surface area contributed by atoms with Gasteiger partial charge in [0, 0.05) is 31.9 Å². The lowest BCUT2D eigenvalue weighted by Gasteiger charge is -2.25. The van der Waals surface area contributed by atoms with E-state index in [2.05, 4.69) is 0 Å². The van der Waals surface area contributed by atoms with Crippen LogP contribution < -0.4 is 20.1 Å². The lowest BCUT2D eigenvalue weighted by Crippen LogP contribution is -2.34. The molecule has 0 bridgehead atoms. The third-order valence-electron chi connectivity index (χ3n) is 2.87. The lowest BCUT2D eigenvalue weighted by atomic mass is 10.1. The summed E-state index contributed by atoms with van der Waals surface area (Å²) < 4.78 is 10.5. The molecule has 5 nitrogen and oxygen atoms in total. The van der Waals surface area contributed by atoms with Crippen LogP contribution in [0.4, 0.5) is 5.69 Å². The molecule has 0 heterocycles. The number of aliphatic hydroxyl groups is 1. The summed E-state index contributed by atoms with van der Waals surface area (Å²) in [6.45, 7) is 2.71. The van der Waals surface area contributed by atoms with Crippen molar-refractivity contribution in [2.24, 2.45) is 5.73 Å². The third-order valence-corrected chi connectivity index (χ3v) is 2.87. The summed E-state index contributed by atoms with van der Waals surface area (Å²) in [6.07, 6.45) is -0.539. The number of nitrogens with zero attached hydrogens (tertiary/aromatic N) is 1. The van der Waals surface area contributed by atoms with Crippen molar-refractivity contribution in [1.82, 2.24) is 0 Å². The molecule has 1 aromatic rings. The number of nitrogens with two attached hydrogens (primary N) is 1. The number of hydrogen-bond acceptors (Lipinski definition) is 5. The Morgan fingerprint density at radius 2 is 1.83 bits per heavy atom. The van der Waals surface area contributed by atoms with Gasteiger partial charge >= 0.3 is 0 Å². The number of rotatable bonds is 6. The maximum atomic E-state index is 9.59. The number of benzene rings is 1. The van der Waals surface area contributed by atoms with E-state index >= 15 is 0 Å². The Balaban J connectivity index is 3.01. The molecule has 0 aromatic heterocycles. The summed E-state index contributed by atoms with van der Waals surface area (Å²) in [5.41, 5.74) is 7.46. The zero-order valence-electron chi connectivity index (χ0n) is 11.4. The Kier molecular flexibility index (Phi) is 5.25. The minimum Gasteiger partial charge on any atom is -0.493 e. The number of anilines is 1. The van der Waals surface area contributed by atoms with E-state index in [1.54, 1.807) is 14.2 Å². The molecule has 0 saturated heterocycles. The Hall–Kier alpha value is -1.46.